The van der Waals surface area contributed by atoms with Crippen LogP contribution in [-0.4, -0.2) is 48.2 Å². The van der Waals surface area contributed by atoms with Crippen molar-refractivity contribution >= 4 is 17.7 Å². The second-order valence-corrected chi connectivity index (χ2v) is 5.72. The van der Waals surface area contributed by atoms with Gasteiger partial charge in [0, 0.05) is 31.7 Å². The van der Waals surface area contributed by atoms with Crippen LogP contribution >= 0.6 is 11.8 Å². The van der Waals surface area contributed by atoms with E-state index in [-0.39, 0.29) is 11.7 Å². The molecular formula is C13H15N7O2S. The maximum atomic E-state index is 12.0. The van der Waals surface area contributed by atoms with Gasteiger partial charge in [0.2, 0.25) is 5.16 Å². The molecule has 0 unspecified atom stereocenters. The lowest BCUT2D eigenvalue weighted by atomic mass is 10.4. The van der Waals surface area contributed by atoms with E-state index in [1.54, 1.807) is 34.7 Å². The number of thioether (sulfide) groups is 1. The Morgan fingerprint density at radius 3 is 3.09 bits per heavy atom. The van der Waals surface area contributed by atoms with Crippen molar-refractivity contribution in [1.82, 2.24) is 35.3 Å². The normalized spacial score (nSPS) is 10.8. The van der Waals surface area contributed by atoms with Gasteiger partial charge in [-0.3, -0.25) is 9.48 Å². The molecule has 23 heavy (non-hydrogen) atoms. The number of amides is 1. The maximum absolute atomic E-state index is 12.0. The molecule has 1 N–H and O–H groups in total. The molecule has 0 radical (unpaired) electrons. The van der Waals surface area contributed by atoms with Crippen LogP contribution in [0.5, 0.6) is 0 Å². The molecular weight excluding hydrogens is 318 g/mol. The summed E-state index contributed by atoms with van der Waals surface area (Å²) in [6.07, 6.45) is 3.53. The number of furan rings is 1. The standard InChI is InChI=1S/C13H15N7O2S/c1-19-13(16-17-18-19)23-8-6-14-12(21)11-4-3-10(22-11)9-20-7-2-5-15-20/h2-5,7H,6,8-9H2,1H3,(H,14,21). The summed E-state index contributed by atoms with van der Waals surface area (Å²) >= 11 is 1.47. The van der Waals surface area contributed by atoms with E-state index in [0.717, 1.165) is 0 Å². The average molecular weight is 333 g/mol. The number of hydrogen-bond donors (Lipinski definition) is 1. The molecule has 0 aliphatic carbocycles. The molecule has 10 heteroatoms. The summed E-state index contributed by atoms with van der Waals surface area (Å²) < 4.78 is 8.84. The zero-order valence-corrected chi connectivity index (χ0v) is 13.2. The van der Waals surface area contributed by atoms with Gasteiger partial charge in [-0.15, -0.1) is 5.10 Å². The molecule has 9 nitrogen and oxygen atoms in total. The third kappa shape index (κ3) is 3.97. The van der Waals surface area contributed by atoms with Gasteiger partial charge in [0.15, 0.2) is 5.76 Å². The summed E-state index contributed by atoms with van der Waals surface area (Å²) in [6.45, 7) is 0.987. The van der Waals surface area contributed by atoms with Crippen LogP contribution in [0, 0.1) is 0 Å². The largest absolute Gasteiger partial charge is 0.454 e. The zero-order chi connectivity index (χ0) is 16.1. The summed E-state index contributed by atoms with van der Waals surface area (Å²) in [7, 11) is 1.77. The van der Waals surface area contributed by atoms with E-state index in [2.05, 4.69) is 25.9 Å². The van der Waals surface area contributed by atoms with Crippen molar-refractivity contribution in [3.8, 4) is 0 Å². The highest BCUT2D eigenvalue weighted by Gasteiger charge is 2.11. The SMILES string of the molecule is Cn1nnnc1SCCNC(=O)c1ccc(Cn2cccn2)o1. The van der Waals surface area contributed by atoms with Crippen LogP contribution in [0.1, 0.15) is 16.3 Å². The van der Waals surface area contributed by atoms with Crippen LogP contribution in [0.3, 0.4) is 0 Å². The van der Waals surface area contributed by atoms with Crippen molar-refractivity contribution < 1.29 is 9.21 Å². The van der Waals surface area contributed by atoms with E-state index in [4.69, 9.17) is 4.42 Å². The molecule has 1 amide bonds. The summed E-state index contributed by atoms with van der Waals surface area (Å²) in [5.41, 5.74) is 0. The third-order valence-electron chi connectivity index (χ3n) is 2.96. The predicted octanol–water partition coefficient (Wildman–Crippen LogP) is 0.570. The Bertz CT molecular complexity index is 765. The van der Waals surface area contributed by atoms with Gasteiger partial charge >= 0.3 is 0 Å². The number of aryl methyl sites for hydroxylation is 1. The fourth-order valence-electron chi connectivity index (χ4n) is 1.88. The lowest BCUT2D eigenvalue weighted by molar-refractivity contribution is 0.0926. The first-order chi connectivity index (χ1) is 11.2. The number of carbonyl (C=O) groups is 1. The second-order valence-electron chi connectivity index (χ2n) is 4.66. The van der Waals surface area contributed by atoms with Crippen LogP contribution in [0.15, 0.2) is 40.2 Å². The smallest absolute Gasteiger partial charge is 0.287 e. The van der Waals surface area contributed by atoms with E-state index in [1.165, 1.54) is 11.8 Å². The Kier molecular flexibility index (Phi) is 4.71. The molecule has 0 bridgehead atoms. The number of carbonyl (C=O) groups excluding carboxylic acids is 1. The van der Waals surface area contributed by atoms with Gasteiger partial charge in [-0.1, -0.05) is 11.8 Å². The maximum Gasteiger partial charge on any atom is 0.287 e. The topological polar surface area (TPSA) is 104 Å². The first-order valence-electron chi connectivity index (χ1n) is 6.92. The summed E-state index contributed by atoms with van der Waals surface area (Å²) in [6, 6.07) is 5.27. The molecule has 0 saturated heterocycles. The van der Waals surface area contributed by atoms with Crippen LogP contribution in [-0.2, 0) is 13.6 Å². The first-order valence-corrected chi connectivity index (χ1v) is 7.90. The summed E-state index contributed by atoms with van der Waals surface area (Å²) in [5, 5.41) is 18.7. The molecule has 120 valence electrons. The number of rotatable bonds is 7. The zero-order valence-electron chi connectivity index (χ0n) is 12.4. The number of tetrazole rings is 1. The van der Waals surface area contributed by atoms with E-state index in [9.17, 15) is 4.79 Å². The minimum Gasteiger partial charge on any atom is -0.454 e. The van der Waals surface area contributed by atoms with Gasteiger partial charge in [0.25, 0.3) is 5.91 Å². The van der Waals surface area contributed by atoms with Crippen molar-refractivity contribution in [1.29, 1.82) is 0 Å². The van der Waals surface area contributed by atoms with Crippen LogP contribution in [0.4, 0.5) is 0 Å². The fraction of sp³-hybridized carbons (Fsp3) is 0.308. The van der Waals surface area contributed by atoms with E-state index in [0.29, 0.717) is 29.8 Å². The minimum absolute atomic E-state index is 0.242. The Morgan fingerprint density at radius 2 is 2.35 bits per heavy atom. The van der Waals surface area contributed by atoms with Crippen LogP contribution < -0.4 is 5.32 Å². The number of nitrogens with one attached hydrogen (secondary N) is 1. The molecule has 0 aromatic carbocycles. The quantitative estimate of drug-likeness (QED) is 0.498. The molecule has 3 rings (SSSR count). The summed E-state index contributed by atoms with van der Waals surface area (Å²) in [4.78, 5) is 12.0. The number of hydrogen-bond acceptors (Lipinski definition) is 7. The van der Waals surface area contributed by atoms with Gasteiger partial charge in [-0.2, -0.15) is 5.10 Å². The molecule has 0 atom stereocenters. The number of aromatic nitrogens is 6. The first kappa shape index (κ1) is 15.3. The lowest BCUT2D eigenvalue weighted by Crippen LogP contribution is -2.25. The van der Waals surface area contributed by atoms with E-state index < -0.39 is 0 Å². The Morgan fingerprint density at radius 1 is 1.43 bits per heavy atom. The number of nitrogens with zero attached hydrogens (tertiary/aromatic N) is 6. The fourth-order valence-corrected chi connectivity index (χ4v) is 2.58. The summed E-state index contributed by atoms with van der Waals surface area (Å²) in [5.74, 6) is 1.39. The van der Waals surface area contributed by atoms with E-state index >= 15 is 0 Å². The van der Waals surface area contributed by atoms with Gasteiger partial charge in [-0.05, 0) is 28.6 Å². The second kappa shape index (κ2) is 7.09. The Balaban J connectivity index is 1.45. The Labute approximate surface area is 136 Å². The van der Waals surface area contributed by atoms with Gasteiger partial charge in [-0.25, -0.2) is 4.68 Å². The molecule has 0 aliphatic heterocycles. The monoisotopic (exact) mass is 333 g/mol. The molecule has 0 spiro atoms. The predicted molar refractivity (Wildman–Crippen MR) is 81.9 cm³/mol. The van der Waals surface area contributed by atoms with Gasteiger partial charge < -0.3 is 9.73 Å². The van der Waals surface area contributed by atoms with E-state index in [1.807, 2.05) is 12.3 Å². The highest BCUT2D eigenvalue weighted by atomic mass is 32.2. The molecule has 0 fully saturated rings. The van der Waals surface area contributed by atoms with Crippen molar-refractivity contribution in [3.05, 3.63) is 42.1 Å². The Hall–Kier alpha value is -2.62. The van der Waals surface area contributed by atoms with Crippen molar-refractivity contribution in [2.45, 2.75) is 11.7 Å². The van der Waals surface area contributed by atoms with Crippen LogP contribution in [0.25, 0.3) is 0 Å². The van der Waals surface area contributed by atoms with Crippen LogP contribution in [0.2, 0.25) is 0 Å². The van der Waals surface area contributed by atoms with Crippen molar-refractivity contribution in [2.75, 3.05) is 12.3 Å². The molecule has 0 aliphatic rings. The molecule has 3 aromatic rings. The third-order valence-corrected chi connectivity index (χ3v) is 3.97. The molecule has 3 heterocycles. The lowest BCUT2D eigenvalue weighted by Gasteiger charge is -2.02. The highest BCUT2D eigenvalue weighted by molar-refractivity contribution is 7.99. The molecule has 0 saturated carbocycles. The van der Waals surface area contributed by atoms with Crippen molar-refractivity contribution in [2.24, 2.45) is 7.05 Å². The van der Waals surface area contributed by atoms with Gasteiger partial charge in [0.05, 0.1) is 6.54 Å². The highest BCUT2D eigenvalue weighted by Crippen LogP contribution is 2.12. The van der Waals surface area contributed by atoms with Crippen molar-refractivity contribution in [3.63, 3.8) is 0 Å². The average Bonchev–Trinajstić information content (AvgIpc) is 3.27. The minimum atomic E-state index is -0.242. The molecule has 3 aromatic heterocycles. The van der Waals surface area contributed by atoms with Gasteiger partial charge in [0.1, 0.15) is 5.76 Å².